The summed E-state index contributed by atoms with van der Waals surface area (Å²) < 4.78 is 14.4. The molecule has 0 aliphatic rings. The summed E-state index contributed by atoms with van der Waals surface area (Å²) in [4.78, 5) is 22.3. The van der Waals surface area contributed by atoms with E-state index in [-0.39, 0.29) is 17.1 Å². The summed E-state index contributed by atoms with van der Waals surface area (Å²) in [6, 6.07) is 3.72. The molecule has 1 heterocycles. The third-order valence-corrected chi connectivity index (χ3v) is 2.77. The quantitative estimate of drug-likeness (QED) is 0.642. The third-order valence-electron chi connectivity index (χ3n) is 2.13. The lowest BCUT2D eigenvalue weighted by Crippen LogP contribution is -2.09. The Kier molecular flexibility index (Phi) is 3.24. The molecule has 0 fully saturated rings. The second-order valence-corrected chi connectivity index (χ2v) is 4.14. The van der Waals surface area contributed by atoms with Crippen LogP contribution in [0, 0.1) is 0 Å². The topological polar surface area (TPSA) is 86.0 Å². The Balaban J connectivity index is 2.68. The fourth-order valence-electron chi connectivity index (χ4n) is 1.36. The van der Waals surface area contributed by atoms with Crippen LogP contribution in [-0.2, 0) is 4.74 Å². The van der Waals surface area contributed by atoms with Crippen LogP contribution in [0.15, 0.2) is 31.9 Å². The van der Waals surface area contributed by atoms with Gasteiger partial charge in [0.15, 0.2) is 5.75 Å². The van der Waals surface area contributed by atoms with Crippen molar-refractivity contribution in [1.82, 2.24) is 0 Å². The van der Waals surface area contributed by atoms with Crippen molar-refractivity contribution < 1.29 is 23.8 Å². The lowest BCUT2D eigenvalue weighted by atomic mass is 10.2. The zero-order valence-electron chi connectivity index (χ0n) is 9.10. The highest BCUT2D eigenvalue weighted by molar-refractivity contribution is 9.10. The van der Waals surface area contributed by atoms with Gasteiger partial charge in [-0.3, -0.25) is 0 Å². The molecular formula is C11H7BrO6. The van der Waals surface area contributed by atoms with Crippen molar-refractivity contribution in [3.8, 4) is 11.5 Å². The molecule has 6 nitrogen and oxygen atoms in total. The summed E-state index contributed by atoms with van der Waals surface area (Å²) in [5.41, 5.74) is -0.606. The number of halogens is 1. The highest BCUT2D eigenvalue weighted by Gasteiger charge is 2.13. The molecule has 2 rings (SSSR count). The molecule has 0 unspecified atom stereocenters. The third kappa shape index (κ3) is 2.30. The number of methoxy groups -OCH3 is 1. The number of phenols is 1. The van der Waals surface area contributed by atoms with Crippen molar-refractivity contribution in [2.24, 2.45) is 0 Å². The number of ether oxygens (including phenoxy) is 2. The first-order valence-corrected chi connectivity index (χ1v) is 5.52. The van der Waals surface area contributed by atoms with E-state index in [1.54, 1.807) is 0 Å². The lowest BCUT2D eigenvalue weighted by molar-refractivity contribution is 0.122. The van der Waals surface area contributed by atoms with Gasteiger partial charge in [-0.1, -0.05) is 0 Å². The van der Waals surface area contributed by atoms with Gasteiger partial charge in [-0.15, -0.1) is 0 Å². The predicted octanol–water partition coefficient (Wildman–Crippen LogP) is 2.41. The van der Waals surface area contributed by atoms with Crippen LogP contribution in [0.3, 0.4) is 0 Å². The smallest absolute Gasteiger partial charge is 0.507 e. The van der Waals surface area contributed by atoms with Gasteiger partial charge in [0.1, 0.15) is 11.3 Å². The number of hydrogen-bond acceptors (Lipinski definition) is 6. The minimum absolute atomic E-state index is 0.00574. The fraction of sp³-hybridized carbons (Fsp3) is 0.0909. The zero-order valence-corrected chi connectivity index (χ0v) is 10.7. The number of carbonyl (C=O) groups excluding carboxylic acids is 1. The molecule has 1 aromatic heterocycles. The van der Waals surface area contributed by atoms with E-state index in [4.69, 9.17) is 9.15 Å². The molecule has 0 aliphatic heterocycles. The van der Waals surface area contributed by atoms with Crippen molar-refractivity contribution in [2.45, 2.75) is 0 Å². The highest BCUT2D eigenvalue weighted by atomic mass is 79.9. The van der Waals surface area contributed by atoms with Crippen LogP contribution in [0.5, 0.6) is 11.5 Å². The van der Waals surface area contributed by atoms with Gasteiger partial charge in [0.05, 0.1) is 23.0 Å². The molecular weight excluding hydrogens is 308 g/mol. The van der Waals surface area contributed by atoms with Crippen LogP contribution < -0.4 is 10.4 Å². The molecule has 18 heavy (non-hydrogen) atoms. The molecule has 2 aromatic rings. The molecule has 0 saturated carbocycles. The largest absolute Gasteiger partial charge is 0.513 e. The summed E-state index contributed by atoms with van der Waals surface area (Å²) in [5, 5.41) is 9.84. The molecule has 0 bridgehead atoms. The Bertz CT molecular complexity index is 675. The van der Waals surface area contributed by atoms with Crippen LogP contribution in [0.2, 0.25) is 0 Å². The molecule has 7 heteroatoms. The predicted molar refractivity (Wildman–Crippen MR) is 64.9 cm³/mol. The maximum Gasteiger partial charge on any atom is 0.513 e. The number of rotatable bonds is 1. The maximum absolute atomic E-state index is 11.3. The van der Waals surface area contributed by atoms with E-state index < -0.39 is 11.8 Å². The van der Waals surface area contributed by atoms with Crippen molar-refractivity contribution in [1.29, 1.82) is 0 Å². The Morgan fingerprint density at radius 3 is 2.78 bits per heavy atom. The van der Waals surface area contributed by atoms with E-state index in [0.717, 1.165) is 13.2 Å². The maximum atomic E-state index is 11.3. The van der Waals surface area contributed by atoms with Crippen LogP contribution in [0.4, 0.5) is 4.79 Å². The molecule has 0 spiro atoms. The van der Waals surface area contributed by atoms with Gasteiger partial charge < -0.3 is 19.0 Å². The van der Waals surface area contributed by atoms with Crippen molar-refractivity contribution in [3.05, 3.63) is 33.1 Å². The van der Waals surface area contributed by atoms with Gasteiger partial charge in [-0.25, -0.2) is 9.59 Å². The normalized spacial score (nSPS) is 10.3. The van der Waals surface area contributed by atoms with Crippen molar-refractivity contribution in [3.63, 3.8) is 0 Å². The van der Waals surface area contributed by atoms with Gasteiger partial charge >= 0.3 is 11.8 Å². The molecule has 0 radical (unpaired) electrons. The van der Waals surface area contributed by atoms with Gasteiger partial charge in [0.2, 0.25) is 0 Å². The molecule has 94 valence electrons. The molecule has 0 saturated heterocycles. The number of carbonyl (C=O) groups is 1. The molecule has 0 amide bonds. The Morgan fingerprint density at radius 1 is 1.39 bits per heavy atom. The zero-order chi connectivity index (χ0) is 13.3. The minimum atomic E-state index is -0.953. The van der Waals surface area contributed by atoms with E-state index in [1.807, 2.05) is 0 Å². The first-order valence-electron chi connectivity index (χ1n) is 4.73. The van der Waals surface area contributed by atoms with Crippen molar-refractivity contribution >= 4 is 33.1 Å². The fourth-order valence-corrected chi connectivity index (χ4v) is 1.70. The molecule has 0 aliphatic carbocycles. The van der Waals surface area contributed by atoms with Crippen LogP contribution >= 0.6 is 15.9 Å². The summed E-state index contributed by atoms with van der Waals surface area (Å²) in [6.45, 7) is 0. The number of benzene rings is 1. The molecule has 0 atom stereocenters. The lowest BCUT2D eigenvalue weighted by Gasteiger charge is -2.06. The van der Waals surface area contributed by atoms with Gasteiger partial charge in [-0.2, -0.15) is 0 Å². The summed E-state index contributed by atoms with van der Waals surface area (Å²) in [5.74, 6) is -0.102. The number of aromatic hydroxyl groups is 1. The standard InChI is InChI=1S/C11H7BrO6/c1-16-11(15)18-9-4-10(14)17-8-3-7(13)6(12)2-5(8)9/h2-4,13H,1H3. The summed E-state index contributed by atoms with van der Waals surface area (Å²) in [6.07, 6.45) is -0.953. The molecule has 1 aromatic carbocycles. The highest BCUT2D eigenvalue weighted by Crippen LogP contribution is 2.33. The second kappa shape index (κ2) is 4.69. The summed E-state index contributed by atoms with van der Waals surface area (Å²) in [7, 11) is 1.15. The van der Waals surface area contributed by atoms with E-state index in [0.29, 0.717) is 9.86 Å². The minimum Gasteiger partial charge on any atom is -0.507 e. The van der Waals surface area contributed by atoms with E-state index in [2.05, 4.69) is 20.7 Å². The van der Waals surface area contributed by atoms with Crippen LogP contribution in [0.1, 0.15) is 0 Å². The number of fused-ring (bicyclic) bond motifs is 1. The Labute approximate surface area is 109 Å². The second-order valence-electron chi connectivity index (χ2n) is 3.29. The first-order chi connectivity index (χ1) is 8.51. The average molecular weight is 315 g/mol. The Morgan fingerprint density at radius 2 is 2.11 bits per heavy atom. The van der Waals surface area contributed by atoms with Crippen LogP contribution in [-0.4, -0.2) is 18.4 Å². The first kappa shape index (κ1) is 12.4. The average Bonchev–Trinajstić information content (AvgIpc) is 2.31. The number of phenolic OH excluding ortho intramolecular Hbond substituents is 1. The van der Waals surface area contributed by atoms with Crippen molar-refractivity contribution in [2.75, 3.05) is 7.11 Å². The Hall–Kier alpha value is -2.02. The van der Waals surface area contributed by atoms with E-state index >= 15 is 0 Å². The molecule has 1 N–H and O–H groups in total. The SMILES string of the molecule is COC(=O)Oc1cc(=O)oc2cc(O)c(Br)cc12. The monoisotopic (exact) mass is 314 g/mol. The van der Waals surface area contributed by atoms with E-state index in [1.165, 1.54) is 12.1 Å². The summed E-state index contributed by atoms with van der Waals surface area (Å²) >= 11 is 3.11. The number of hydrogen-bond donors (Lipinski definition) is 1. The van der Waals surface area contributed by atoms with Gasteiger partial charge in [0, 0.05) is 6.07 Å². The van der Waals surface area contributed by atoms with Gasteiger partial charge in [0.25, 0.3) is 0 Å². The van der Waals surface area contributed by atoms with Gasteiger partial charge in [-0.05, 0) is 22.0 Å². The van der Waals surface area contributed by atoms with E-state index in [9.17, 15) is 14.7 Å². The van der Waals surface area contributed by atoms with Crippen LogP contribution in [0.25, 0.3) is 11.0 Å².